The van der Waals surface area contributed by atoms with E-state index < -0.39 is 22.4 Å². The highest BCUT2D eigenvalue weighted by Gasteiger charge is 2.32. The van der Waals surface area contributed by atoms with Gasteiger partial charge in [-0.25, -0.2) is 4.39 Å². The van der Waals surface area contributed by atoms with Crippen molar-refractivity contribution in [3.8, 4) is 0 Å². The van der Waals surface area contributed by atoms with Crippen LogP contribution in [-0.4, -0.2) is 0 Å². The summed E-state index contributed by atoms with van der Waals surface area (Å²) in [4.78, 5) is -0.702. The highest BCUT2D eigenvalue weighted by molar-refractivity contribution is 9.11. The average molecular weight is 491 g/mol. The van der Waals surface area contributed by atoms with Crippen LogP contribution in [-0.2, 0) is 6.18 Å². The molecule has 0 amide bonds. The Kier molecular flexibility index (Phi) is 5.15. The first-order valence-electron chi connectivity index (χ1n) is 5.66. The van der Waals surface area contributed by atoms with E-state index in [1.165, 1.54) is 0 Å². The van der Waals surface area contributed by atoms with Gasteiger partial charge in [0.1, 0.15) is 5.82 Å². The zero-order chi connectivity index (χ0) is 15.8. The zero-order valence-electron chi connectivity index (χ0n) is 10.2. The average Bonchev–Trinajstić information content (AvgIpc) is 2.40. The molecule has 0 saturated carbocycles. The second kappa shape index (κ2) is 6.38. The Bertz CT molecular complexity index is 668. The summed E-state index contributed by atoms with van der Waals surface area (Å²) in [6, 6.07) is 7.60. The van der Waals surface area contributed by atoms with Crippen LogP contribution in [0.3, 0.4) is 0 Å². The number of alkyl halides is 4. The molecular weight excluding hydrogens is 484 g/mol. The van der Waals surface area contributed by atoms with Crippen molar-refractivity contribution in [2.24, 2.45) is 0 Å². The summed E-state index contributed by atoms with van der Waals surface area (Å²) in [5.41, 5.74) is -0.319. The molecule has 1 atom stereocenters. The SMILES string of the molecule is Fc1ccc(C(F)(F)F)cc1C(Br)c1cc(Br)ccc1Br. The summed E-state index contributed by atoms with van der Waals surface area (Å²) in [6.45, 7) is 0. The molecule has 0 bridgehead atoms. The maximum absolute atomic E-state index is 13.9. The van der Waals surface area contributed by atoms with Crippen LogP contribution in [0.2, 0.25) is 0 Å². The quantitative estimate of drug-likeness (QED) is 0.319. The first-order valence-corrected chi connectivity index (χ1v) is 8.16. The number of benzene rings is 2. The second-order valence-electron chi connectivity index (χ2n) is 4.26. The molecule has 2 aromatic carbocycles. The van der Waals surface area contributed by atoms with Gasteiger partial charge in [0.05, 0.1) is 10.4 Å². The van der Waals surface area contributed by atoms with Gasteiger partial charge in [0.15, 0.2) is 0 Å². The van der Waals surface area contributed by atoms with Crippen LogP contribution in [0, 0.1) is 5.82 Å². The molecule has 0 aliphatic carbocycles. The normalized spacial score (nSPS) is 13.3. The van der Waals surface area contributed by atoms with E-state index in [9.17, 15) is 17.6 Å². The predicted molar refractivity (Wildman–Crippen MR) is 84.0 cm³/mol. The van der Waals surface area contributed by atoms with Gasteiger partial charge in [-0.2, -0.15) is 13.2 Å². The lowest BCUT2D eigenvalue weighted by atomic mass is 10.0. The van der Waals surface area contributed by atoms with E-state index in [0.717, 1.165) is 22.7 Å². The fourth-order valence-electron chi connectivity index (χ4n) is 1.79. The minimum Gasteiger partial charge on any atom is -0.207 e. The predicted octanol–water partition coefficient (Wildman–Crippen LogP) is 6.85. The summed E-state index contributed by atoms with van der Waals surface area (Å²) >= 11 is 9.87. The van der Waals surface area contributed by atoms with Gasteiger partial charge in [-0.05, 0) is 42.0 Å². The molecule has 0 spiro atoms. The lowest BCUT2D eigenvalue weighted by molar-refractivity contribution is -0.137. The van der Waals surface area contributed by atoms with Crippen LogP contribution >= 0.6 is 47.8 Å². The minimum absolute atomic E-state index is 0.0661. The van der Waals surface area contributed by atoms with Crippen molar-refractivity contribution >= 4 is 47.8 Å². The maximum Gasteiger partial charge on any atom is 0.416 e. The van der Waals surface area contributed by atoms with Crippen LogP contribution < -0.4 is 0 Å². The van der Waals surface area contributed by atoms with E-state index in [1.54, 1.807) is 18.2 Å². The molecule has 0 aliphatic heterocycles. The third-order valence-corrected chi connectivity index (χ3v) is 5.03. The van der Waals surface area contributed by atoms with E-state index >= 15 is 0 Å². The van der Waals surface area contributed by atoms with Crippen molar-refractivity contribution in [2.75, 3.05) is 0 Å². The molecule has 2 aromatic rings. The summed E-state index contributed by atoms with van der Waals surface area (Å²) in [6.07, 6.45) is -4.51. The molecule has 7 heteroatoms. The van der Waals surface area contributed by atoms with Crippen molar-refractivity contribution in [1.29, 1.82) is 0 Å². The summed E-state index contributed by atoms with van der Waals surface area (Å²) in [5, 5.41) is 0. The third-order valence-electron chi connectivity index (χ3n) is 2.83. The highest BCUT2D eigenvalue weighted by Crippen LogP contribution is 2.40. The Hall–Kier alpha value is -0.400. The van der Waals surface area contributed by atoms with Crippen LogP contribution in [0.25, 0.3) is 0 Å². The molecule has 0 saturated heterocycles. The maximum atomic E-state index is 13.9. The lowest BCUT2D eigenvalue weighted by Crippen LogP contribution is -2.07. The Morgan fingerprint density at radius 2 is 1.57 bits per heavy atom. The standard InChI is InChI=1S/C14H7Br3F4/c15-8-2-3-11(16)9(6-8)13(17)10-5-7(14(19,20)21)1-4-12(10)18/h1-6,13H. The Morgan fingerprint density at radius 1 is 0.905 bits per heavy atom. The van der Waals surface area contributed by atoms with E-state index in [4.69, 9.17) is 0 Å². The summed E-state index contributed by atoms with van der Waals surface area (Å²) < 4.78 is 53.6. The van der Waals surface area contributed by atoms with Gasteiger partial charge in [-0.1, -0.05) is 47.8 Å². The van der Waals surface area contributed by atoms with Crippen molar-refractivity contribution in [2.45, 2.75) is 11.0 Å². The highest BCUT2D eigenvalue weighted by atomic mass is 79.9. The van der Waals surface area contributed by atoms with E-state index in [1.807, 2.05) is 0 Å². The van der Waals surface area contributed by atoms with E-state index in [-0.39, 0.29) is 5.56 Å². The topological polar surface area (TPSA) is 0 Å². The Morgan fingerprint density at radius 3 is 2.19 bits per heavy atom. The first kappa shape index (κ1) is 17.0. The molecule has 0 aromatic heterocycles. The Balaban J connectivity index is 2.52. The summed E-state index contributed by atoms with van der Waals surface area (Å²) in [7, 11) is 0. The van der Waals surface area contributed by atoms with Crippen LogP contribution in [0.4, 0.5) is 17.6 Å². The van der Waals surface area contributed by atoms with E-state index in [2.05, 4.69) is 47.8 Å². The molecule has 0 heterocycles. The van der Waals surface area contributed by atoms with Gasteiger partial charge in [0.25, 0.3) is 0 Å². The molecule has 112 valence electrons. The van der Waals surface area contributed by atoms with Gasteiger partial charge < -0.3 is 0 Å². The van der Waals surface area contributed by atoms with Crippen LogP contribution in [0.5, 0.6) is 0 Å². The smallest absolute Gasteiger partial charge is 0.207 e. The molecular formula is C14H7Br3F4. The minimum atomic E-state index is -4.51. The fourth-order valence-corrected chi connectivity index (χ4v) is 3.68. The molecule has 0 fully saturated rings. The van der Waals surface area contributed by atoms with Gasteiger partial charge >= 0.3 is 6.18 Å². The molecule has 0 radical (unpaired) electrons. The van der Waals surface area contributed by atoms with E-state index in [0.29, 0.717) is 10.0 Å². The zero-order valence-corrected chi connectivity index (χ0v) is 14.9. The molecule has 1 unspecified atom stereocenters. The number of hydrogen-bond acceptors (Lipinski definition) is 0. The fraction of sp³-hybridized carbons (Fsp3) is 0.143. The largest absolute Gasteiger partial charge is 0.416 e. The second-order valence-corrected chi connectivity index (χ2v) is 6.95. The molecule has 0 aliphatic rings. The molecule has 0 nitrogen and oxygen atoms in total. The van der Waals surface area contributed by atoms with Gasteiger partial charge in [0.2, 0.25) is 0 Å². The van der Waals surface area contributed by atoms with Gasteiger partial charge in [-0.3, -0.25) is 0 Å². The number of rotatable bonds is 2. The first-order chi connectivity index (χ1) is 9.70. The molecule has 0 N–H and O–H groups in total. The third kappa shape index (κ3) is 3.87. The van der Waals surface area contributed by atoms with Crippen molar-refractivity contribution in [3.63, 3.8) is 0 Å². The number of hydrogen-bond donors (Lipinski definition) is 0. The monoisotopic (exact) mass is 488 g/mol. The Labute approximate surface area is 143 Å². The van der Waals surface area contributed by atoms with Crippen LogP contribution in [0.15, 0.2) is 45.3 Å². The molecule has 2 rings (SSSR count). The molecule has 21 heavy (non-hydrogen) atoms. The lowest BCUT2D eigenvalue weighted by Gasteiger charge is -2.16. The van der Waals surface area contributed by atoms with Crippen molar-refractivity contribution < 1.29 is 17.6 Å². The van der Waals surface area contributed by atoms with Crippen molar-refractivity contribution in [1.82, 2.24) is 0 Å². The van der Waals surface area contributed by atoms with Gasteiger partial charge in [0, 0.05) is 14.5 Å². The summed E-state index contributed by atoms with van der Waals surface area (Å²) in [5.74, 6) is -0.697. The van der Waals surface area contributed by atoms with Crippen LogP contribution in [0.1, 0.15) is 21.5 Å². The number of halogens is 7. The van der Waals surface area contributed by atoms with Gasteiger partial charge in [-0.15, -0.1) is 0 Å². The van der Waals surface area contributed by atoms with Crippen molar-refractivity contribution in [3.05, 3.63) is 67.9 Å².